The Hall–Kier alpha value is -2.36. The number of methoxy groups -OCH3 is 2. The number of esters is 2. The lowest BCUT2D eigenvalue weighted by Gasteiger charge is -2.48. The van der Waals surface area contributed by atoms with Crippen molar-refractivity contribution in [1.82, 2.24) is 0 Å². The predicted molar refractivity (Wildman–Crippen MR) is 90.8 cm³/mol. The third-order valence-electron chi connectivity index (χ3n) is 5.32. The van der Waals surface area contributed by atoms with Crippen LogP contribution in [0.5, 0.6) is 0 Å². The maximum atomic E-state index is 12.9. The van der Waals surface area contributed by atoms with Crippen LogP contribution in [0, 0.1) is 5.92 Å². The minimum Gasteiger partial charge on any atom is -0.468 e. The Morgan fingerprint density at radius 3 is 2.62 bits per heavy atom. The van der Waals surface area contributed by atoms with E-state index in [2.05, 4.69) is 6.58 Å². The molecule has 0 N–H and O–H groups in total. The van der Waals surface area contributed by atoms with Gasteiger partial charge in [-0.25, -0.2) is 4.79 Å². The van der Waals surface area contributed by atoms with Crippen LogP contribution in [0.15, 0.2) is 42.0 Å². The molecule has 1 saturated carbocycles. The zero-order valence-electron chi connectivity index (χ0n) is 14.3. The minimum absolute atomic E-state index is 0.161. The zero-order chi connectivity index (χ0) is 17.5. The maximum absolute atomic E-state index is 12.9. The SMILES string of the molecule is C=C1CC2Cc3c(C(=O)OC)cccc3C(C(=O)OC)(C1)/C2=C\C. The van der Waals surface area contributed by atoms with Crippen LogP contribution in [0.3, 0.4) is 0 Å². The minimum atomic E-state index is -0.874. The molecule has 1 fully saturated rings. The Kier molecular flexibility index (Phi) is 4.08. The summed E-state index contributed by atoms with van der Waals surface area (Å²) in [6.45, 7) is 6.11. The number of carbonyl (C=O) groups is 2. The molecule has 2 bridgehead atoms. The molecule has 1 aromatic carbocycles. The van der Waals surface area contributed by atoms with E-state index in [0.29, 0.717) is 18.4 Å². The Bertz CT molecular complexity index is 759. The highest BCUT2D eigenvalue weighted by atomic mass is 16.5. The molecule has 126 valence electrons. The summed E-state index contributed by atoms with van der Waals surface area (Å²) in [6, 6.07) is 5.50. The third-order valence-corrected chi connectivity index (χ3v) is 5.32. The standard InChI is InChI=1S/C20H22O4/c1-5-16-13-9-12(2)11-20(16,19(22)24-4)17-8-6-7-14(15(17)10-13)18(21)23-3/h5-8,13H,2,9-11H2,1,3-4H3/b16-5-. The Morgan fingerprint density at radius 1 is 1.25 bits per heavy atom. The van der Waals surface area contributed by atoms with E-state index in [9.17, 15) is 9.59 Å². The van der Waals surface area contributed by atoms with Crippen molar-refractivity contribution in [2.75, 3.05) is 14.2 Å². The van der Waals surface area contributed by atoms with Gasteiger partial charge in [-0.05, 0) is 54.9 Å². The van der Waals surface area contributed by atoms with Gasteiger partial charge in [0.25, 0.3) is 0 Å². The van der Waals surface area contributed by atoms with Crippen LogP contribution < -0.4 is 0 Å². The van der Waals surface area contributed by atoms with Crippen LogP contribution in [0.1, 0.15) is 41.3 Å². The van der Waals surface area contributed by atoms with E-state index in [0.717, 1.165) is 28.7 Å². The molecule has 0 saturated heterocycles. The smallest absolute Gasteiger partial charge is 0.338 e. The fourth-order valence-corrected chi connectivity index (χ4v) is 4.50. The van der Waals surface area contributed by atoms with Crippen LogP contribution in [-0.2, 0) is 26.1 Å². The molecule has 0 aromatic heterocycles. The molecule has 24 heavy (non-hydrogen) atoms. The van der Waals surface area contributed by atoms with Gasteiger partial charge in [-0.2, -0.15) is 0 Å². The molecular formula is C20H22O4. The highest BCUT2D eigenvalue weighted by Crippen LogP contribution is 2.54. The second kappa shape index (κ2) is 5.93. The van der Waals surface area contributed by atoms with E-state index >= 15 is 0 Å². The van der Waals surface area contributed by atoms with E-state index in [4.69, 9.17) is 9.47 Å². The summed E-state index contributed by atoms with van der Waals surface area (Å²) in [6.07, 6.45) is 4.08. The van der Waals surface area contributed by atoms with Gasteiger partial charge in [0.05, 0.1) is 19.8 Å². The van der Waals surface area contributed by atoms with Crippen molar-refractivity contribution in [1.29, 1.82) is 0 Å². The second-order valence-corrected chi connectivity index (χ2v) is 6.50. The zero-order valence-corrected chi connectivity index (χ0v) is 14.3. The van der Waals surface area contributed by atoms with Crippen LogP contribution in [0.2, 0.25) is 0 Å². The molecule has 0 spiro atoms. The Morgan fingerprint density at radius 2 is 2.00 bits per heavy atom. The van der Waals surface area contributed by atoms with Gasteiger partial charge < -0.3 is 9.47 Å². The van der Waals surface area contributed by atoms with Gasteiger partial charge in [0, 0.05) is 0 Å². The lowest BCUT2D eigenvalue weighted by molar-refractivity contribution is -0.147. The van der Waals surface area contributed by atoms with Crippen molar-refractivity contribution in [3.8, 4) is 0 Å². The lowest BCUT2D eigenvalue weighted by Crippen LogP contribution is -2.48. The van der Waals surface area contributed by atoms with Crippen molar-refractivity contribution in [3.63, 3.8) is 0 Å². The largest absolute Gasteiger partial charge is 0.468 e. The highest BCUT2D eigenvalue weighted by Gasteiger charge is 2.54. The molecule has 0 radical (unpaired) electrons. The first-order chi connectivity index (χ1) is 11.5. The normalized spacial score (nSPS) is 26.7. The maximum Gasteiger partial charge on any atom is 0.338 e. The fourth-order valence-electron chi connectivity index (χ4n) is 4.50. The van der Waals surface area contributed by atoms with Crippen molar-refractivity contribution < 1.29 is 19.1 Å². The quantitative estimate of drug-likeness (QED) is 0.618. The number of carbonyl (C=O) groups excluding carboxylic acids is 2. The first-order valence-corrected chi connectivity index (χ1v) is 8.12. The van der Waals surface area contributed by atoms with Gasteiger partial charge in [-0.15, -0.1) is 0 Å². The average molecular weight is 326 g/mol. The van der Waals surface area contributed by atoms with Gasteiger partial charge in [0.15, 0.2) is 0 Å². The summed E-state index contributed by atoms with van der Waals surface area (Å²) >= 11 is 0. The number of ether oxygens (including phenoxy) is 2. The van der Waals surface area contributed by atoms with Crippen LogP contribution >= 0.6 is 0 Å². The van der Waals surface area contributed by atoms with Crippen LogP contribution in [0.25, 0.3) is 0 Å². The predicted octanol–water partition coefficient (Wildman–Crippen LogP) is 3.35. The average Bonchev–Trinajstić information content (AvgIpc) is 2.59. The molecule has 0 heterocycles. The van der Waals surface area contributed by atoms with Gasteiger partial charge in [-0.3, -0.25) is 4.79 Å². The van der Waals surface area contributed by atoms with Crippen molar-refractivity contribution in [2.24, 2.45) is 5.92 Å². The van der Waals surface area contributed by atoms with E-state index in [1.807, 2.05) is 19.1 Å². The molecule has 4 nitrogen and oxygen atoms in total. The Labute approximate surface area is 142 Å². The summed E-state index contributed by atoms with van der Waals surface area (Å²) in [4.78, 5) is 25.1. The van der Waals surface area contributed by atoms with E-state index in [1.54, 1.807) is 12.1 Å². The van der Waals surface area contributed by atoms with Gasteiger partial charge in [0.1, 0.15) is 5.41 Å². The molecule has 1 aromatic rings. The summed E-state index contributed by atoms with van der Waals surface area (Å²) < 4.78 is 10.1. The topological polar surface area (TPSA) is 52.6 Å². The fraction of sp³-hybridized carbons (Fsp3) is 0.400. The first-order valence-electron chi connectivity index (χ1n) is 8.12. The van der Waals surface area contributed by atoms with Crippen LogP contribution in [-0.4, -0.2) is 26.2 Å². The second-order valence-electron chi connectivity index (χ2n) is 6.50. The van der Waals surface area contributed by atoms with E-state index < -0.39 is 5.41 Å². The summed E-state index contributed by atoms with van der Waals surface area (Å²) in [5.74, 6) is -0.495. The van der Waals surface area contributed by atoms with E-state index in [1.165, 1.54) is 14.2 Å². The number of hydrogen-bond donors (Lipinski definition) is 0. The molecule has 3 rings (SSSR count). The molecular weight excluding hydrogens is 304 g/mol. The monoisotopic (exact) mass is 326 g/mol. The van der Waals surface area contributed by atoms with Crippen LogP contribution in [0.4, 0.5) is 0 Å². The number of hydrogen-bond acceptors (Lipinski definition) is 4. The van der Waals surface area contributed by atoms with Gasteiger partial charge >= 0.3 is 11.9 Å². The van der Waals surface area contributed by atoms with E-state index in [-0.39, 0.29) is 17.9 Å². The van der Waals surface area contributed by atoms with Crippen molar-refractivity contribution in [2.45, 2.75) is 31.6 Å². The molecule has 2 aliphatic rings. The van der Waals surface area contributed by atoms with Gasteiger partial charge in [0.2, 0.25) is 0 Å². The summed E-state index contributed by atoms with van der Waals surface area (Å²) in [5.41, 5.74) is 3.54. The summed E-state index contributed by atoms with van der Waals surface area (Å²) in [5, 5.41) is 0. The third kappa shape index (κ3) is 2.13. The lowest BCUT2D eigenvalue weighted by atomic mass is 9.55. The summed E-state index contributed by atoms with van der Waals surface area (Å²) in [7, 11) is 2.79. The first kappa shape index (κ1) is 16.5. The molecule has 2 unspecified atom stereocenters. The number of fused-ring (bicyclic) bond motifs is 4. The van der Waals surface area contributed by atoms with Crippen molar-refractivity contribution >= 4 is 11.9 Å². The number of rotatable bonds is 2. The van der Waals surface area contributed by atoms with Crippen molar-refractivity contribution in [3.05, 3.63) is 58.7 Å². The van der Waals surface area contributed by atoms with Gasteiger partial charge in [-0.1, -0.05) is 30.4 Å². The molecule has 2 aliphatic carbocycles. The molecule has 0 amide bonds. The highest BCUT2D eigenvalue weighted by molar-refractivity contribution is 5.95. The molecule has 2 atom stereocenters. The molecule has 0 aliphatic heterocycles. The Balaban J connectivity index is 2.33. The number of allylic oxidation sites excluding steroid dienone is 2. The number of benzene rings is 1. The molecule has 4 heteroatoms.